The molecule has 21 heavy (non-hydrogen) atoms. The van der Waals surface area contributed by atoms with Crippen LogP contribution >= 0.6 is 7.37 Å². The maximum Gasteiger partial charge on any atom is 0.203 e. The topological polar surface area (TPSA) is 26.3 Å². The molecule has 0 aliphatic rings. The third-order valence-electron chi connectivity index (χ3n) is 4.03. The molecule has 0 aliphatic heterocycles. The molecule has 3 heteroatoms. The summed E-state index contributed by atoms with van der Waals surface area (Å²) in [5, 5.41) is 0. The van der Waals surface area contributed by atoms with Gasteiger partial charge in [0.25, 0.3) is 0 Å². The van der Waals surface area contributed by atoms with Crippen LogP contribution in [0.15, 0.2) is 0 Å². The normalized spacial score (nSPS) is 12.0. The molecular weight excluding hydrogens is 279 g/mol. The third kappa shape index (κ3) is 13.6. The monoisotopic (exact) mass is 318 g/mol. The quantitative estimate of drug-likeness (QED) is 0.226. The molecule has 0 saturated carbocycles. The van der Waals surface area contributed by atoms with E-state index in [2.05, 4.69) is 20.8 Å². The van der Waals surface area contributed by atoms with Crippen LogP contribution in [0.1, 0.15) is 97.8 Å². The second-order valence-electron chi connectivity index (χ2n) is 6.28. The zero-order chi connectivity index (χ0) is 15.8. The van der Waals surface area contributed by atoms with Gasteiger partial charge in [-0.1, -0.05) is 78.6 Å². The van der Waals surface area contributed by atoms with Gasteiger partial charge >= 0.3 is 0 Å². The number of hydrogen-bond acceptors (Lipinski definition) is 2. The molecule has 0 radical (unpaired) electrons. The van der Waals surface area contributed by atoms with Crippen LogP contribution in [-0.2, 0) is 9.09 Å². The molecule has 0 amide bonds. The highest BCUT2D eigenvalue weighted by Crippen LogP contribution is 2.49. The van der Waals surface area contributed by atoms with E-state index in [9.17, 15) is 4.57 Å². The Kier molecular flexibility index (Phi) is 15.2. The summed E-state index contributed by atoms with van der Waals surface area (Å²) < 4.78 is 18.8. The zero-order valence-electron chi connectivity index (χ0n) is 14.9. The molecule has 0 unspecified atom stereocenters. The maximum absolute atomic E-state index is 12.9. The van der Waals surface area contributed by atoms with Crippen molar-refractivity contribution in [3.8, 4) is 0 Å². The Labute approximate surface area is 133 Å². The van der Waals surface area contributed by atoms with Gasteiger partial charge in [-0.2, -0.15) is 0 Å². The molecule has 0 bridgehead atoms. The molecule has 0 aromatic heterocycles. The van der Waals surface area contributed by atoms with Crippen LogP contribution in [0.3, 0.4) is 0 Å². The Bertz CT molecular complexity index is 238. The molecule has 0 rings (SSSR count). The lowest BCUT2D eigenvalue weighted by molar-refractivity contribution is 0.300. The Balaban J connectivity index is 4.02. The summed E-state index contributed by atoms with van der Waals surface area (Å²) in [6.07, 6.45) is 16.0. The Morgan fingerprint density at radius 1 is 0.619 bits per heavy atom. The van der Waals surface area contributed by atoms with Crippen LogP contribution in [0.4, 0.5) is 0 Å². The largest absolute Gasteiger partial charge is 0.328 e. The van der Waals surface area contributed by atoms with E-state index >= 15 is 0 Å². The van der Waals surface area contributed by atoms with E-state index in [-0.39, 0.29) is 0 Å². The van der Waals surface area contributed by atoms with E-state index in [0.29, 0.717) is 6.61 Å². The average molecular weight is 318 g/mol. The highest BCUT2D eigenvalue weighted by atomic mass is 31.2. The molecule has 0 atom stereocenters. The first-order valence-electron chi connectivity index (χ1n) is 9.41. The highest BCUT2D eigenvalue weighted by molar-refractivity contribution is 7.58. The van der Waals surface area contributed by atoms with E-state index < -0.39 is 7.37 Å². The van der Waals surface area contributed by atoms with Crippen LogP contribution in [0.5, 0.6) is 0 Å². The predicted molar refractivity (Wildman–Crippen MR) is 95.7 cm³/mol. The number of rotatable bonds is 16. The first-order valence-corrected chi connectivity index (χ1v) is 11.4. The van der Waals surface area contributed by atoms with Crippen molar-refractivity contribution in [3.05, 3.63) is 0 Å². The molecule has 0 aromatic rings. The minimum Gasteiger partial charge on any atom is -0.328 e. The van der Waals surface area contributed by atoms with Crippen LogP contribution in [0.25, 0.3) is 0 Å². The van der Waals surface area contributed by atoms with Crippen LogP contribution in [0.2, 0.25) is 0 Å². The van der Waals surface area contributed by atoms with Gasteiger partial charge in [-0.3, -0.25) is 4.57 Å². The van der Waals surface area contributed by atoms with Gasteiger partial charge in [0, 0.05) is 12.3 Å². The minimum atomic E-state index is -2.35. The van der Waals surface area contributed by atoms with Gasteiger partial charge in [-0.25, -0.2) is 0 Å². The summed E-state index contributed by atoms with van der Waals surface area (Å²) in [5.74, 6) is 0. The fraction of sp³-hybridized carbons (Fsp3) is 1.00. The molecule has 0 heterocycles. The molecule has 0 spiro atoms. The van der Waals surface area contributed by atoms with Crippen molar-refractivity contribution in [2.45, 2.75) is 97.8 Å². The standard InChI is InChI=1S/C18H39O2P/c1-4-7-10-13-16-20-21(19,17-14-11-8-5-2)18-15-12-9-6-3/h4-18H2,1-3H3. The summed E-state index contributed by atoms with van der Waals surface area (Å²) >= 11 is 0. The maximum atomic E-state index is 12.9. The summed E-state index contributed by atoms with van der Waals surface area (Å²) in [7, 11) is -2.35. The fourth-order valence-electron chi connectivity index (χ4n) is 2.56. The zero-order valence-corrected chi connectivity index (χ0v) is 15.8. The molecule has 0 aromatic carbocycles. The molecule has 0 N–H and O–H groups in total. The van der Waals surface area contributed by atoms with Crippen LogP contribution in [0, 0.1) is 0 Å². The van der Waals surface area contributed by atoms with E-state index in [1.807, 2.05) is 0 Å². The van der Waals surface area contributed by atoms with Crippen molar-refractivity contribution >= 4 is 7.37 Å². The Morgan fingerprint density at radius 3 is 1.48 bits per heavy atom. The van der Waals surface area contributed by atoms with E-state index in [1.165, 1.54) is 57.8 Å². The lowest BCUT2D eigenvalue weighted by atomic mass is 10.2. The predicted octanol–water partition coefficient (Wildman–Crippen LogP) is 7.02. The van der Waals surface area contributed by atoms with E-state index in [1.54, 1.807) is 0 Å². The van der Waals surface area contributed by atoms with Gasteiger partial charge < -0.3 is 4.52 Å². The Morgan fingerprint density at radius 2 is 1.05 bits per heavy atom. The summed E-state index contributed by atoms with van der Waals surface area (Å²) in [5.41, 5.74) is 0. The van der Waals surface area contributed by atoms with Crippen molar-refractivity contribution in [1.29, 1.82) is 0 Å². The van der Waals surface area contributed by atoms with Gasteiger partial charge in [-0.15, -0.1) is 0 Å². The molecule has 0 saturated heterocycles. The SMILES string of the molecule is CCCCCCOP(=O)(CCCCCC)CCCCCC. The Hall–Kier alpha value is 0.190. The second kappa shape index (κ2) is 15.1. The van der Waals surface area contributed by atoms with Gasteiger partial charge in [0.2, 0.25) is 7.37 Å². The summed E-state index contributed by atoms with van der Waals surface area (Å²) in [6.45, 7) is 7.36. The molecule has 0 fully saturated rings. The van der Waals surface area contributed by atoms with E-state index in [4.69, 9.17) is 4.52 Å². The van der Waals surface area contributed by atoms with Crippen molar-refractivity contribution in [2.24, 2.45) is 0 Å². The highest BCUT2D eigenvalue weighted by Gasteiger charge is 2.21. The lowest BCUT2D eigenvalue weighted by Crippen LogP contribution is -2.03. The summed E-state index contributed by atoms with van der Waals surface area (Å²) in [4.78, 5) is 0. The molecule has 128 valence electrons. The van der Waals surface area contributed by atoms with Gasteiger partial charge in [0.15, 0.2) is 0 Å². The van der Waals surface area contributed by atoms with Crippen molar-refractivity contribution in [3.63, 3.8) is 0 Å². The first kappa shape index (κ1) is 21.2. The van der Waals surface area contributed by atoms with Crippen LogP contribution in [-0.4, -0.2) is 18.9 Å². The van der Waals surface area contributed by atoms with Gasteiger partial charge in [-0.05, 0) is 19.3 Å². The van der Waals surface area contributed by atoms with Gasteiger partial charge in [0.05, 0.1) is 6.61 Å². The van der Waals surface area contributed by atoms with Crippen molar-refractivity contribution in [2.75, 3.05) is 18.9 Å². The van der Waals surface area contributed by atoms with E-state index in [0.717, 1.165) is 31.6 Å². The van der Waals surface area contributed by atoms with Gasteiger partial charge in [0.1, 0.15) is 0 Å². The smallest absolute Gasteiger partial charge is 0.203 e. The number of unbranched alkanes of at least 4 members (excludes halogenated alkanes) is 9. The van der Waals surface area contributed by atoms with Crippen LogP contribution < -0.4 is 0 Å². The lowest BCUT2D eigenvalue weighted by Gasteiger charge is -2.19. The fourth-order valence-corrected chi connectivity index (χ4v) is 4.91. The molecule has 0 aliphatic carbocycles. The van der Waals surface area contributed by atoms with Crippen molar-refractivity contribution < 1.29 is 9.09 Å². The summed E-state index contributed by atoms with van der Waals surface area (Å²) in [6, 6.07) is 0. The minimum absolute atomic E-state index is 0.707. The number of hydrogen-bond donors (Lipinski definition) is 0. The second-order valence-corrected chi connectivity index (χ2v) is 9.06. The molecule has 2 nitrogen and oxygen atoms in total. The molecular formula is C18H39O2P. The van der Waals surface area contributed by atoms with Crippen molar-refractivity contribution in [1.82, 2.24) is 0 Å². The third-order valence-corrected chi connectivity index (χ3v) is 6.68. The first-order chi connectivity index (χ1) is 10.2. The average Bonchev–Trinajstić information content (AvgIpc) is 2.48.